The van der Waals surface area contributed by atoms with Gasteiger partial charge in [-0.15, -0.1) is 23.4 Å². The SMILES string of the molecule is COc1ccc(COC(=O)C2=C(Sc3ccccc3CCl)CSC3C(NC(=O)Cc4ccccc4)C(=O)N23)cc1. The van der Waals surface area contributed by atoms with E-state index in [1.165, 1.54) is 28.4 Å². The first-order valence-corrected chi connectivity index (χ1v) is 15.0. The van der Waals surface area contributed by atoms with Crippen LogP contribution in [0.5, 0.6) is 5.75 Å². The van der Waals surface area contributed by atoms with Crippen LogP contribution >= 0.6 is 35.1 Å². The highest BCUT2D eigenvalue weighted by molar-refractivity contribution is 8.06. The van der Waals surface area contributed by atoms with Gasteiger partial charge in [-0.05, 0) is 34.9 Å². The molecule has 0 radical (unpaired) electrons. The fraction of sp³-hybridized carbons (Fsp3) is 0.233. The van der Waals surface area contributed by atoms with Gasteiger partial charge in [0.2, 0.25) is 5.91 Å². The fourth-order valence-electron chi connectivity index (χ4n) is 4.45. The van der Waals surface area contributed by atoms with Gasteiger partial charge in [-0.2, -0.15) is 0 Å². The Bertz CT molecular complexity index is 1430. The van der Waals surface area contributed by atoms with Gasteiger partial charge in [-0.25, -0.2) is 4.79 Å². The lowest BCUT2D eigenvalue weighted by atomic mass is 10.0. The minimum Gasteiger partial charge on any atom is -0.497 e. The molecule has 10 heteroatoms. The first-order chi connectivity index (χ1) is 19.5. The third-order valence-electron chi connectivity index (χ3n) is 6.53. The van der Waals surface area contributed by atoms with Crippen molar-refractivity contribution in [1.82, 2.24) is 10.2 Å². The van der Waals surface area contributed by atoms with Crippen LogP contribution in [0.4, 0.5) is 0 Å². The molecule has 2 heterocycles. The van der Waals surface area contributed by atoms with Gasteiger partial charge in [0.15, 0.2) is 0 Å². The van der Waals surface area contributed by atoms with Gasteiger partial charge in [-0.1, -0.05) is 72.4 Å². The molecule has 0 aromatic heterocycles. The number of benzene rings is 3. The summed E-state index contributed by atoms with van der Waals surface area (Å²) >= 11 is 9.08. The second-order valence-electron chi connectivity index (χ2n) is 9.16. The van der Waals surface area contributed by atoms with Crippen molar-refractivity contribution in [3.63, 3.8) is 0 Å². The normalized spacial score (nSPS) is 18.1. The highest BCUT2D eigenvalue weighted by Gasteiger charge is 2.54. The predicted octanol–water partition coefficient (Wildman–Crippen LogP) is 5.12. The number of methoxy groups -OCH3 is 1. The predicted molar refractivity (Wildman–Crippen MR) is 157 cm³/mol. The number of ether oxygens (including phenoxy) is 2. The van der Waals surface area contributed by atoms with Gasteiger partial charge in [0.1, 0.15) is 29.5 Å². The summed E-state index contributed by atoms with van der Waals surface area (Å²) in [5.41, 5.74) is 2.80. The minimum absolute atomic E-state index is 0.0413. The van der Waals surface area contributed by atoms with Crippen LogP contribution in [0.2, 0.25) is 0 Å². The van der Waals surface area contributed by atoms with E-state index in [2.05, 4.69) is 5.32 Å². The Morgan fingerprint density at radius 1 is 1.02 bits per heavy atom. The molecule has 2 amide bonds. The molecule has 2 atom stereocenters. The monoisotopic (exact) mass is 594 g/mol. The molecule has 1 fully saturated rings. The van der Waals surface area contributed by atoms with Crippen molar-refractivity contribution in [3.05, 3.63) is 106 Å². The van der Waals surface area contributed by atoms with Gasteiger partial charge in [0.25, 0.3) is 5.91 Å². The van der Waals surface area contributed by atoms with Crippen LogP contribution < -0.4 is 10.1 Å². The van der Waals surface area contributed by atoms with Crippen molar-refractivity contribution >= 4 is 52.9 Å². The molecule has 0 saturated carbocycles. The average Bonchev–Trinajstić information content (AvgIpc) is 2.99. The lowest BCUT2D eigenvalue weighted by molar-refractivity contribution is -0.153. The summed E-state index contributed by atoms with van der Waals surface area (Å²) in [6.45, 7) is 0.0413. The number of β-lactam (4-membered cyclic amide) rings is 1. The van der Waals surface area contributed by atoms with Gasteiger partial charge >= 0.3 is 5.97 Å². The van der Waals surface area contributed by atoms with Crippen molar-refractivity contribution in [2.75, 3.05) is 12.9 Å². The molecule has 3 aromatic carbocycles. The first-order valence-electron chi connectivity index (χ1n) is 12.6. The minimum atomic E-state index is -0.715. The van der Waals surface area contributed by atoms with E-state index in [9.17, 15) is 14.4 Å². The largest absolute Gasteiger partial charge is 0.497 e. The second-order valence-corrected chi connectivity index (χ2v) is 11.7. The van der Waals surface area contributed by atoms with Crippen molar-refractivity contribution < 1.29 is 23.9 Å². The number of rotatable bonds is 10. The number of amides is 2. The van der Waals surface area contributed by atoms with Crippen LogP contribution in [0.25, 0.3) is 0 Å². The molecule has 206 valence electrons. The highest BCUT2D eigenvalue weighted by atomic mass is 35.5. The average molecular weight is 595 g/mol. The quantitative estimate of drug-likeness (QED) is 0.198. The van der Waals surface area contributed by atoms with Crippen LogP contribution in [0.1, 0.15) is 16.7 Å². The van der Waals surface area contributed by atoms with E-state index in [0.29, 0.717) is 22.3 Å². The Labute approximate surface area is 246 Å². The van der Waals surface area contributed by atoms with Gasteiger partial charge in [0, 0.05) is 21.4 Å². The number of nitrogens with one attached hydrogen (secondary N) is 1. The van der Waals surface area contributed by atoms with Crippen molar-refractivity contribution in [2.45, 2.75) is 35.2 Å². The molecule has 1 saturated heterocycles. The van der Waals surface area contributed by atoms with E-state index < -0.39 is 17.4 Å². The van der Waals surface area contributed by atoms with Crippen LogP contribution in [0.15, 0.2) is 94.4 Å². The maximum Gasteiger partial charge on any atom is 0.356 e. The summed E-state index contributed by atoms with van der Waals surface area (Å²) in [5, 5.41) is 2.46. The Hall–Kier alpha value is -3.40. The smallest absolute Gasteiger partial charge is 0.356 e. The number of hydrogen-bond acceptors (Lipinski definition) is 7. The van der Waals surface area contributed by atoms with Crippen LogP contribution in [-0.2, 0) is 38.0 Å². The number of carbonyl (C=O) groups excluding carboxylic acids is 3. The molecule has 40 heavy (non-hydrogen) atoms. The van der Waals surface area contributed by atoms with Gasteiger partial charge in [0.05, 0.1) is 13.5 Å². The van der Waals surface area contributed by atoms with E-state index in [1.807, 2.05) is 66.7 Å². The van der Waals surface area contributed by atoms with Gasteiger partial charge in [-0.3, -0.25) is 14.5 Å². The van der Waals surface area contributed by atoms with Crippen LogP contribution in [0.3, 0.4) is 0 Å². The highest BCUT2D eigenvalue weighted by Crippen LogP contribution is 2.46. The van der Waals surface area contributed by atoms with Crippen molar-refractivity contribution in [2.24, 2.45) is 0 Å². The number of alkyl halides is 1. The molecular formula is C30H27ClN2O5S2. The number of hydrogen-bond donors (Lipinski definition) is 1. The maximum absolute atomic E-state index is 13.5. The summed E-state index contributed by atoms with van der Waals surface area (Å²) in [7, 11) is 1.59. The maximum atomic E-state index is 13.5. The molecule has 7 nitrogen and oxygen atoms in total. The molecule has 1 N–H and O–H groups in total. The zero-order valence-corrected chi connectivity index (χ0v) is 24.1. The number of esters is 1. The topological polar surface area (TPSA) is 84.9 Å². The Kier molecular flexibility index (Phi) is 9.04. The van der Waals surface area contributed by atoms with E-state index >= 15 is 0 Å². The summed E-state index contributed by atoms with van der Waals surface area (Å²) in [6.07, 6.45) is 0.172. The summed E-state index contributed by atoms with van der Waals surface area (Å²) in [4.78, 5) is 42.7. The fourth-order valence-corrected chi connectivity index (χ4v) is 7.36. The van der Waals surface area contributed by atoms with E-state index in [0.717, 1.165) is 21.6 Å². The first kappa shape index (κ1) is 28.1. The molecule has 5 rings (SSSR count). The number of nitrogens with zero attached hydrogens (tertiary/aromatic N) is 1. The van der Waals surface area contributed by atoms with E-state index in [4.69, 9.17) is 21.1 Å². The zero-order chi connectivity index (χ0) is 28.1. The lowest BCUT2D eigenvalue weighted by Crippen LogP contribution is -2.70. The molecule has 0 aliphatic carbocycles. The summed E-state index contributed by atoms with van der Waals surface area (Å²) < 4.78 is 10.9. The van der Waals surface area contributed by atoms with Crippen molar-refractivity contribution in [1.29, 1.82) is 0 Å². The molecule has 0 bridgehead atoms. The third kappa shape index (κ3) is 6.16. The number of fused-ring (bicyclic) bond motifs is 1. The lowest BCUT2D eigenvalue weighted by Gasteiger charge is -2.49. The number of thioether (sulfide) groups is 2. The molecule has 2 unspecified atom stereocenters. The molecular weight excluding hydrogens is 568 g/mol. The number of carbonyl (C=O) groups is 3. The summed E-state index contributed by atoms with van der Waals surface area (Å²) in [5.74, 6) is 0.338. The van der Waals surface area contributed by atoms with Crippen LogP contribution in [0, 0.1) is 0 Å². The van der Waals surface area contributed by atoms with Crippen molar-refractivity contribution in [3.8, 4) is 5.75 Å². The molecule has 2 aliphatic rings. The van der Waals surface area contributed by atoms with E-state index in [1.54, 1.807) is 19.2 Å². The standard InChI is InChI=1S/C30H27ClN2O5S2/c1-37-22-13-11-20(12-14-22)17-38-30(36)27-24(40-23-10-6-5-9-21(23)16-31)18-39-29-26(28(35)33(27)29)32-25(34)15-19-7-3-2-4-8-19/h2-14,26,29H,15-18H2,1H3,(H,32,34). The zero-order valence-electron chi connectivity index (χ0n) is 21.7. The Balaban J connectivity index is 1.36. The molecule has 3 aromatic rings. The number of halogens is 1. The van der Waals surface area contributed by atoms with Gasteiger partial charge < -0.3 is 14.8 Å². The van der Waals surface area contributed by atoms with Crippen LogP contribution in [-0.4, -0.2) is 47.0 Å². The summed E-state index contributed by atoms with van der Waals surface area (Å²) in [6, 6.07) is 23.6. The molecule has 0 spiro atoms. The Morgan fingerprint density at radius 3 is 2.48 bits per heavy atom. The van der Waals surface area contributed by atoms with E-state index in [-0.39, 0.29) is 30.5 Å². The second kappa shape index (κ2) is 12.8. The molecule has 2 aliphatic heterocycles. The third-order valence-corrected chi connectivity index (χ3v) is 9.48. The Morgan fingerprint density at radius 2 is 1.75 bits per heavy atom.